The predicted octanol–water partition coefficient (Wildman–Crippen LogP) is 5.17. The third kappa shape index (κ3) is 3.80. The number of para-hydroxylation sites is 1. The molecule has 0 saturated carbocycles. The standard InChI is InChI=1S/C25H23N5O2/c1-16-29-25(32-30-16)20-7-5-13-26-24(20)28-14-21(17-9-11-18(31-2)12-10-17)22-15-27-23-8-4-3-6-19(22)23/h3-13,15,21,27H,14H2,1-2H3,(H,26,28)/t21-/m0/s1. The normalized spacial score (nSPS) is 12.1. The van der Waals surface area contributed by atoms with Crippen molar-refractivity contribution in [2.45, 2.75) is 12.8 Å². The second-order valence-electron chi connectivity index (χ2n) is 7.54. The molecule has 0 bridgehead atoms. The monoisotopic (exact) mass is 425 g/mol. The van der Waals surface area contributed by atoms with Gasteiger partial charge in [0.15, 0.2) is 5.82 Å². The van der Waals surface area contributed by atoms with E-state index in [1.165, 1.54) is 16.5 Å². The number of rotatable bonds is 7. The molecule has 7 nitrogen and oxygen atoms in total. The Morgan fingerprint density at radius 1 is 1.06 bits per heavy atom. The van der Waals surface area contributed by atoms with Crippen LogP contribution in [0.5, 0.6) is 5.75 Å². The van der Waals surface area contributed by atoms with Gasteiger partial charge in [0.1, 0.15) is 11.6 Å². The number of aryl methyl sites for hydroxylation is 1. The van der Waals surface area contributed by atoms with Gasteiger partial charge in [-0.2, -0.15) is 4.98 Å². The third-order valence-electron chi connectivity index (χ3n) is 5.55. The van der Waals surface area contributed by atoms with Crippen molar-refractivity contribution < 1.29 is 9.26 Å². The summed E-state index contributed by atoms with van der Waals surface area (Å²) in [6, 6.07) is 20.3. The van der Waals surface area contributed by atoms with Crippen molar-refractivity contribution in [1.29, 1.82) is 0 Å². The molecule has 0 unspecified atom stereocenters. The zero-order valence-corrected chi connectivity index (χ0v) is 17.9. The number of ether oxygens (including phenoxy) is 1. The van der Waals surface area contributed by atoms with Gasteiger partial charge in [-0.25, -0.2) is 4.98 Å². The first-order valence-electron chi connectivity index (χ1n) is 10.4. The Bertz CT molecular complexity index is 1340. The molecule has 0 spiro atoms. The third-order valence-corrected chi connectivity index (χ3v) is 5.55. The molecule has 5 rings (SSSR count). The first kappa shape index (κ1) is 19.8. The lowest BCUT2D eigenvalue weighted by molar-refractivity contribution is 0.414. The summed E-state index contributed by atoms with van der Waals surface area (Å²) in [5, 5.41) is 8.63. The highest BCUT2D eigenvalue weighted by Gasteiger charge is 2.20. The summed E-state index contributed by atoms with van der Waals surface area (Å²) >= 11 is 0. The van der Waals surface area contributed by atoms with Crippen molar-refractivity contribution in [3.63, 3.8) is 0 Å². The number of hydrogen-bond acceptors (Lipinski definition) is 6. The van der Waals surface area contributed by atoms with Gasteiger partial charge in [-0.1, -0.05) is 35.5 Å². The molecular formula is C25H23N5O2. The maximum Gasteiger partial charge on any atom is 0.261 e. The van der Waals surface area contributed by atoms with E-state index in [2.05, 4.69) is 62.0 Å². The van der Waals surface area contributed by atoms with E-state index in [0.29, 0.717) is 24.1 Å². The molecule has 5 aromatic rings. The minimum absolute atomic E-state index is 0.0799. The lowest BCUT2D eigenvalue weighted by Crippen LogP contribution is -2.15. The van der Waals surface area contributed by atoms with Gasteiger partial charge in [-0.15, -0.1) is 0 Å². The Kier molecular flexibility index (Phi) is 5.29. The Morgan fingerprint density at radius 2 is 1.91 bits per heavy atom. The molecule has 3 heterocycles. The number of fused-ring (bicyclic) bond motifs is 1. The van der Waals surface area contributed by atoms with Gasteiger partial charge in [-0.3, -0.25) is 0 Å². The number of nitrogens with zero attached hydrogens (tertiary/aromatic N) is 3. The fraction of sp³-hybridized carbons (Fsp3) is 0.160. The van der Waals surface area contributed by atoms with Crippen LogP contribution in [-0.4, -0.2) is 33.8 Å². The lowest BCUT2D eigenvalue weighted by atomic mass is 9.90. The molecule has 160 valence electrons. The van der Waals surface area contributed by atoms with Gasteiger partial charge in [-0.05, 0) is 48.4 Å². The van der Waals surface area contributed by atoms with Gasteiger partial charge in [0.25, 0.3) is 5.89 Å². The summed E-state index contributed by atoms with van der Waals surface area (Å²) in [4.78, 5) is 12.3. The van der Waals surface area contributed by atoms with E-state index in [1.54, 1.807) is 20.2 Å². The Labute approximate surface area is 185 Å². The Balaban J connectivity index is 1.51. The van der Waals surface area contributed by atoms with Gasteiger partial charge in [0, 0.05) is 35.8 Å². The number of hydrogen-bond donors (Lipinski definition) is 2. The van der Waals surface area contributed by atoms with E-state index in [9.17, 15) is 0 Å². The summed E-state index contributed by atoms with van der Waals surface area (Å²) in [5.41, 5.74) is 4.28. The molecule has 0 saturated heterocycles. The van der Waals surface area contributed by atoms with Gasteiger partial charge < -0.3 is 19.6 Å². The van der Waals surface area contributed by atoms with E-state index >= 15 is 0 Å². The molecule has 2 N–H and O–H groups in total. The van der Waals surface area contributed by atoms with E-state index < -0.39 is 0 Å². The topological polar surface area (TPSA) is 88.9 Å². The van der Waals surface area contributed by atoms with Crippen LogP contribution in [0, 0.1) is 6.92 Å². The number of nitrogens with one attached hydrogen (secondary N) is 2. The Morgan fingerprint density at radius 3 is 2.69 bits per heavy atom. The zero-order valence-electron chi connectivity index (χ0n) is 17.9. The minimum atomic E-state index is 0.0799. The highest BCUT2D eigenvalue weighted by atomic mass is 16.5. The molecule has 0 aliphatic rings. The van der Waals surface area contributed by atoms with Crippen LogP contribution in [0.2, 0.25) is 0 Å². The number of aromatic nitrogens is 4. The smallest absolute Gasteiger partial charge is 0.261 e. The van der Waals surface area contributed by atoms with Crippen molar-refractivity contribution in [2.75, 3.05) is 19.0 Å². The van der Waals surface area contributed by atoms with Crippen molar-refractivity contribution in [2.24, 2.45) is 0 Å². The van der Waals surface area contributed by atoms with Crippen molar-refractivity contribution >= 4 is 16.7 Å². The van der Waals surface area contributed by atoms with Crippen LogP contribution in [0.4, 0.5) is 5.82 Å². The maximum atomic E-state index is 5.38. The van der Waals surface area contributed by atoms with Crippen LogP contribution in [0.25, 0.3) is 22.4 Å². The number of anilines is 1. The largest absolute Gasteiger partial charge is 0.497 e. The number of H-pyrrole nitrogens is 1. The van der Waals surface area contributed by atoms with Crippen LogP contribution in [0.15, 0.2) is 77.6 Å². The zero-order chi connectivity index (χ0) is 21.9. The van der Waals surface area contributed by atoms with Gasteiger partial charge in [0.2, 0.25) is 0 Å². The summed E-state index contributed by atoms with van der Waals surface area (Å²) in [6.45, 7) is 2.43. The summed E-state index contributed by atoms with van der Waals surface area (Å²) in [7, 11) is 1.68. The van der Waals surface area contributed by atoms with Crippen LogP contribution in [0.1, 0.15) is 22.9 Å². The average molecular weight is 425 g/mol. The van der Waals surface area contributed by atoms with Crippen molar-refractivity contribution in [3.05, 3.63) is 90.0 Å². The van der Waals surface area contributed by atoms with Crippen LogP contribution in [-0.2, 0) is 0 Å². The highest BCUT2D eigenvalue weighted by Crippen LogP contribution is 2.33. The van der Waals surface area contributed by atoms with Gasteiger partial charge >= 0.3 is 0 Å². The molecule has 7 heteroatoms. The lowest BCUT2D eigenvalue weighted by Gasteiger charge is -2.19. The molecule has 0 radical (unpaired) electrons. The van der Waals surface area contributed by atoms with Crippen molar-refractivity contribution in [3.8, 4) is 17.2 Å². The number of benzene rings is 2. The molecule has 3 aromatic heterocycles. The molecule has 32 heavy (non-hydrogen) atoms. The van der Waals surface area contributed by atoms with Crippen molar-refractivity contribution in [1.82, 2.24) is 20.1 Å². The number of pyridine rings is 1. The molecule has 0 aliphatic heterocycles. The molecular weight excluding hydrogens is 402 g/mol. The first-order chi connectivity index (χ1) is 15.7. The summed E-state index contributed by atoms with van der Waals surface area (Å²) < 4.78 is 10.7. The molecule has 1 atom stereocenters. The van der Waals surface area contributed by atoms with E-state index in [1.807, 2.05) is 30.3 Å². The average Bonchev–Trinajstić information content (AvgIpc) is 3.46. The molecule has 2 aromatic carbocycles. The summed E-state index contributed by atoms with van der Waals surface area (Å²) in [6.07, 6.45) is 3.84. The Hall–Kier alpha value is -4.13. The fourth-order valence-corrected chi connectivity index (χ4v) is 3.95. The second-order valence-corrected chi connectivity index (χ2v) is 7.54. The van der Waals surface area contributed by atoms with E-state index in [4.69, 9.17) is 9.26 Å². The first-order valence-corrected chi connectivity index (χ1v) is 10.4. The van der Waals surface area contributed by atoms with E-state index in [0.717, 1.165) is 16.8 Å². The second kappa shape index (κ2) is 8.55. The van der Waals surface area contributed by atoms with Crippen LogP contribution < -0.4 is 10.1 Å². The van der Waals surface area contributed by atoms with Gasteiger partial charge in [0.05, 0.1) is 12.7 Å². The SMILES string of the molecule is COc1ccc([C@H](CNc2ncccc2-c2nc(C)no2)c2c[nH]c3ccccc23)cc1. The minimum Gasteiger partial charge on any atom is -0.497 e. The number of methoxy groups -OCH3 is 1. The molecule has 0 aliphatic carbocycles. The molecule has 0 amide bonds. The van der Waals surface area contributed by atoms with Crippen LogP contribution >= 0.6 is 0 Å². The predicted molar refractivity (Wildman–Crippen MR) is 124 cm³/mol. The van der Waals surface area contributed by atoms with E-state index in [-0.39, 0.29) is 5.92 Å². The number of aromatic amines is 1. The van der Waals surface area contributed by atoms with Crippen LogP contribution in [0.3, 0.4) is 0 Å². The summed E-state index contributed by atoms with van der Waals surface area (Å²) in [5.74, 6) is 2.65. The highest BCUT2D eigenvalue weighted by molar-refractivity contribution is 5.84. The fourth-order valence-electron chi connectivity index (χ4n) is 3.95. The maximum absolute atomic E-state index is 5.38. The quantitative estimate of drug-likeness (QED) is 0.374. The molecule has 0 fully saturated rings.